The van der Waals surface area contributed by atoms with Crippen LogP contribution in [0.15, 0.2) is 60.7 Å². The summed E-state index contributed by atoms with van der Waals surface area (Å²) in [6.45, 7) is 3.62. The quantitative estimate of drug-likeness (QED) is 0.431. The predicted octanol–water partition coefficient (Wildman–Crippen LogP) is 6.62. The van der Waals surface area contributed by atoms with Gasteiger partial charge in [0.1, 0.15) is 34.6 Å². The zero-order valence-corrected chi connectivity index (χ0v) is 18.8. The second-order valence-electron chi connectivity index (χ2n) is 8.32. The summed E-state index contributed by atoms with van der Waals surface area (Å²) in [4.78, 5) is 12.4. The summed E-state index contributed by atoms with van der Waals surface area (Å²) in [5.41, 5.74) is 0.687. The molecule has 0 saturated heterocycles. The zero-order chi connectivity index (χ0) is 24.5. The van der Waals surface area contributed by atoms with Crippen LogP contribution in [0.3, 0.4) is 0 Å². The zero-order valence-electron chi connectivity index (χ0n) is 18.8. The molecule has 3 aromatic rings. The Kier molecular flexibility index (Phi) is 6.20. The van der Waals surface area contributed by atoms with E-state index in [1.807, 2.05) is 19.9 Å². The lowest BCUT2D eigenvalue weighted by Crippen LogP contribution is -2.28. The molecule has 174 valence electrons. The molecule has 0 atom stereocenters. The molecule has 34 heavy (non-hydrogen) atoms. The number of ether oxygens (including phenoxy) is 2. The number of methoxy groups -OCH3 is 1. The maximum Gasteiger partial charge on any atom is 0.248 e. The average Bonchev–Trinajstić information content (AvgIpc) is 2.77. The maximum atomic E-state index is 14.7. The van der Waals surface area contributed by atoms with Crippen LogP contribution in [0.25, 0.3) is 23.3 Å². The highest BCUT2D eigenvalue weighted by Crippen LogP contribution is 2.42. The number of fused-ring (bicyclic) bond motifs is 1. The molecule has 1 heterocycles. The van der Waals surface area contributed by atoms with Gasteiger partial charge in [0.15, 0.2) is 0 Å². The highest BCUT2D eigenvalue weighted by molar-refractivity contribution is 6.02. The summed E-state index contributed by atoms with van der Waals surface area (Å²) in [7, 11) is 1.55. The first-order valence-electron chi connectivity index (χ1n) is 10.5. The highest BCUT2D eigenvalue weighted by atomic mass is 19.1. The van der Waals surface area contributed by atoms with E-state index in [1.165, 1.54) is 18.2 Å². The van der Waals surface area contributed by atoms with Crippen LogP contribution in [0.4, 0.5) is 18.9 Å². The monoisotopic (exact) mass is 465 g/mol. The Labute approximate surface area is 195 Å². The number of carbonyl (C=O) groups excluding carboxylic acids is 1. The third-order valence-electron chi connectivity index (χ3n) is 5.23. The number of hydrogen-bond donors (Lipinski definition) is 1. The molecule has 0 saturated carbocycles. The average molecular weight is 465 g/mol. The molecule has 0 radical (unpaired) electrons. The Hall–Kier alpha value is -4.00. The van der Waals surface area contributed by atoms with Gasteiger partial charge in [0.2, 0.25) is 5.91 Å². The topological polar surface area (TPSA) is 47.6 Å². The minimum Gasteiger partial charge on any atom is -0.497 e. The van der Waals surface area contributed by atoms with Crippen LogP contribution >= 0.6 is 0 Å². The van der Waals surface area contributed by atoms with Crippen molar-refractivity contribution in [1.82, 2.24) is 0 Å². The van der Waals surface area contributed by atoms with Crippen LogP contribution in [0.5, 0.6) is 11.5 Å². The van der Waals surface area contributed by atoms with Crippen LogP contribution in [0.1, 0.15) is 25.0 Å². The molecule has 0 spiro atoms. The lowest BCUT2D eigenvalue weighted by atomic mass is 9.93. The second kappa shape index (κ2) is 9.09. The fourth-order valence-electron chi connectivity index (χ4n) is 3.61. The molecule has 0 bridgehead atoms. The van der Waals surface area contributed by atoms with E-state index in [0.29, 0.717) is 34.7 Å². The van der Waals surface area contributed by atoms with Gasteiger partial charge in [-0.3, -0.25) is 4.79 Å². The fourth-order valence-corrected chi connectivity index (χ4v) is 3.61. The number of benzene rings is 3. The van der Waals surface area contributed by atoms with Gasteiger partial charge in [0.05, 0.1) is 12.7 Å². The summed E-state index contributed by atoms with van der Waals surface area (Å²) < 4.78 is 53.9. The van der Waals surface area contributed by atoms with Crippen molar-refractivity contribution in [2.24, 2.45) is 0 Å². The lowest BCUT2D eigenvalue weighted by molar-refractivity contribution is -0.111. The van der Waals surface area contributed by atoms with Crippen LogP contribution in [-0.2, 0) is 4.79 Å². The molecule has 4 nitrogen and oxygen atoms in total. The Morgan fingerprint density at radius 2 is 1.71 bits per heavy atom. The van der Waals surface area contributed by atoms with Crippen LogP contribution in [-0.4, -0.2) is 18.6 Å². The minimum atomic E-state index is -1.05. The Morgan fingerprint density at radius 1 is 1.03 bits per heavy atom. The lowest BCUT2D eigenvalue weighted by Gasteiger charge is -2.30. The molecular formula is C27H22F3NO3. The molecule has 3 aromatic carbocycles. The van der Waals surface area contributed by atoms with Crippen molar-refractivity contribution in [1.29, 1.82) is 0 Å². The molecule has 1 N–H and O–H groups in total. The molecule has 0 aliphatic carbocycles. The van der Waals surface area contributed by atoms with Crippen molar-refractivity contribution < 1.29 is 27.4 Å². The number of halogens is 3. The van der Waals surface area contributed by atoms with E-state index in [-0.39, 0.29) is 11.3 Å². The smallest absolute Gasteiger partial charge is 0.248 e. The summed E-state index contributed by atoms with van der Waals surface area (Å²) in [5.74, 6) is -2.56. The van der Waals surface area contributed by atoms with Gasteiger partial charge in [-0.05, 0) is 68.0 Å². The number of rotatable bonds is 5. The summed E-state index contributed by atoms with van der Waals surface area (Å²) in [6, 6.07) is 11.3. The Balaban J connectivity index is 1.70. The van der Waals surface area contributed by atoms with Crippen LogP contribution < -0.4 is 14.8 Å². The van der Waals surface area contributed by atoms with E-state index in [9.17, 15) is 18.0 Å². The predicted molar refractivity (Wildman–Crippen MR) is 126 cm³/mol. The van der Waals surface area contributed by atoms with Gasteiger partial charge in [-0.15, -0.1) is 0 Å². The van der Waals surface area contributed by atoms with Crippen molar-refractivity contribution in [3.8, 4) is 22.6 Å². The molecule has 1 aliphatic rings. The third kappa shape index (κ3) is 4.98. The number of anilines is 1. The van der Waals surface area contributed by atoms with E-state index in [0.717, 1.165) is 0 Å². The number of nitrogens with one attached hydrogen (secondary N) is 1. The molecule has 4 rings (SSSR count). The molecule has 7 heteroatoms. The van der Waals surface area contributed by atoms with Crippen molar-refractivity contribution >= 4 is 23.7 Å². The molecule has 0 unspecified atom stereocenters. The highest BCUT2D eigenvalue weighted by Gasteiger charge is 2.27. The van der Waals surface area contributed by atoms with Gasteiger partial charge in [-0.2, -0.15) is 0 Å². The first kappa shape index (κ1) is 23.2. The largest absolute Gasteiger partial charge is 0.497 e. The standard InChI is InChI=1S/C27H22F3NO3/c1-27(2)11-10-17-12-16(4-9-24(32)31-19-5-7-20(33-3)8-6-19)13-21(26(17)34-27)25-22(29)14-18(28)15-23(25)30/h4-15H,1-3H3,(H,31,32)/b9-4+. The van der Waals surface area contributed by atoms with Crippen molar-refractivity contribution in [3.05, 3.63) is 89.3 Å². The normalized spacial score (nSPS) is 13.9. The van der Waals surface area contributed by atoms with Crippen LogP contribution in [0.2, 0.25) is 0 Å². The van der Waals surface area contributed by atoms with Crippen molar-refractivity contribution in [2.45, 2.75) is 19.4 Å². The first-order chi connectivity index (χ1) is 16.1. The minimum absolute atomic E-state index is 0.125. The Morgan fingerprint density at radius 3 is 2.35 bits per heavy atom. The molecule has 0 fully saturated rings. The van der Waals surface area contributed by atoms with Crippen molar-refractivity contribution in [3.63, 3.8) is 0 Å². The SMILES string of the molecule is COc1ccc(NC(=O)/C=C/c2cc3c(c(-c4c(F)cc(F)cc4F)c2)OC(C)(C)C=C3)cc1. The van der Waals surface area contributed by atoms with E-state index in [1.54, 1.807) is 43.5 Å². The van der Waals surface area contributed by atoms with Gasteiger partial charge >= 0.3 is 0 Å². The second-order valence-corrected chi connectivity index (χ2v) is 8.32. The number of amides is 1. The van der Waals surface area contributed by atoms with E-state index in [4.69, 9.17) is 9.47 Å². The maximum absolute atomic E-state index is 14.7. The van der Waals surface area contributed by atoms with E-state index >= 15 is 0 Å². The molecular weight excluding hydrogens is 443 g/mol. The van der Waals surface area contributed by atoms with Gasteiger partial charge in [-0.1, -0.05) is 6.08 Å². The Bertz CT molecular complexity index is 1290. The number of hydrogen-bond acceptors (Lipinski definition) is 3. The first-order valence-corrected chi connectivity index (χ1v) is 10.5. The fraction of sp³-hybridized carbons (Fsp3) is 0.148. The molecule has 0 aromatic heterocycles. The molecule has 1 amide bonds. The third-order valence-corrected chi connectivity index (χ3v) is 5.23. The van der Waals surface area contributed by atoms with Gasteiger partial charge < -0.3 is 14.8 Å². The summed E-state index contributed by atoms with van der Waals surface area (Å²) >= 11 is 0. The van der Waals surface area contributed by atoms with E-state index < -0.39 is 34.5 Å². The van der Waals surface area contributed by atoms with Gasteiger partial charge in [-0.25, -0.2) is 13.2 Å². The van der Waals surface area contributed by atoms with E-state index in [2.05, 4.69) is 5.32 Å². The van der Waals surface area contributed by atoms with Crippen LogP contribution in [0, 0.1) is 17.5 Å². The number of carbonyl (C=O) groups is 1. The van der Waals surface area contributed by atoms with Crippen molar-refractivity contribution in [2.75, 3.05) is 12.4 Å². The van der Waals surface area contributed by atoms with Gasteiger partial charge in [0, 0.05) is 35.0 Å². The molecule has 1 aliphatic heterocycles. The van der Waals surface area contributed by atoms with Gasteiger partial charge in [0.25, 0.3) is 0 Å². The summed E-state index contributed by atoms with van der Waals surface area (Å²) in [5, 5.41) is 2.73. The summed E-state index contributed by atoms with van der Waals surface area (Å²) in [6.07, 6.45) is 6.44.